The van der Waals surface area contributed by atoms with E-state index in [0.29, 0.717) is 15.6 Å². The lowest BCUT2D eigenvalue weighted by molar-refractivity contribution is -0.113. The molecule has 0 spiro atoms. The number of aromatic nitrogens is 1. The van der Waals surface area contributed by atoms with Crippen LogP contribution in [-0.4, -0.2) is 15.7 Å². The summed E-state index contributed by atoms with van der Waals surface area (Å²) in [6.07, 6.45) is 1.78. The zero-order valence-electron chi connectivity index (χ0n) is 13.0. The van der Waals surface area contributed by atoms with Gasteiger partial charge in [-0.15, -0.1) is 0 Å². The van der Waals surface area contributed by atoms with E-state index >= 15 is 0 Å². The molecule has 1 fully saturated rings. The Morgan fingerprint density at radius 2 is 1.91 bits per heavy atom. The first-order valence-electron chi connectivity index (χ1n) is 7.05. The maximum absolute atomic E-state index is 12.6. The van der Waals surface area contributed by atoms with Crippen LogP contribution in [0.1, 0.15) is 17.0 Å². The highest BCUT2D eigenvalue weighted by Gasteiger charge is 2.36. The summed E-state index contributed by atoms with van der Waals surface area (Å²) in [5.74, 6) is -0.317. The first kappa shape index (κ1) is 15.9. The van der Waals surface area contributed by atoms with Crippen LogP contribution in [0.5, 0.6) is 0 Å². The maximum Gasteiger partial charge on any atom is 0.298 e. The maximum atomic E-state index is 12.6. The minimum Gasteiger partial charge on any atom is -0.352 e. The lowest BCUT2D eigenvalue weighted by Gasteiger charge is -2.12. The van der Waals surface area contributed by atoms with Crippen molar-refractivity contribution in [3.05, 3.63) is 57.2 Å². The van der Waals surface area contributed by atoms with Gasteiger partial charge in [-0.3, -0.25) is 9.59 Å². The monoisotopic (exact) mass is 346 g/mol. The summed E-state index contributed by atoms with van der Waals surface area (Å²) in [7, 11) is 1.97. The molecule has 6 heteroatoms. The molecule has 0 bridgehead atoms. The predicted molar refractivity (Wildman–Crippen MR) is 94.8 cm³/mol. The molecule has 0 N–H and O–H groups in total. The van der Waals surface area contributed by atoms with Gasteiger partial charge in [0.15, 0.2) is 0 Å². The van der Waals surface area contributed by atoms with Gasteiger partial charge in [0.2, 0.25) is 0 Å². The van der Waals surface area contributed by atoms with Crippen molar-refractivity contribution >= 4 is 46.3 Å². The van der Waals surface area contributed by atoms with Crippen molar-refractivity contribution in [2.45, 2.75) is 13.8 Å². The summed E-state index contributed by atoms with van der Waals surface area (Å²) in [6, 6.07) is 8.73. The number of halogens is 1. The third-order valence-electron chi connectivity index (χ3n) is 3.96. The van der Waals surface area contributed by atoms with Gasteiger partial charge < -0.3 is 4.57 Å². The summed E-state index contributed by atoms with van der Waals surface area (Å²) < 4.78 is 2.05. The van der Waals surface area contributed by atoms with Gasteiger partial charge >= 0.3 is 0 Å². The van der Waals surface area contributed by atoms with Gasteiger partial charge in [-0.05, 0) is 61.5 Å². The van der Waals surface area contributed by atoms with E-state index in [1.54, 1.807) is 30.3 Å². The summed E-state index contributed by atoms with van der Waals surface area (Å²) in [4.78, 5) is 26.4. The molecule has 118 valence electrons. The first-order chi connectivity index (χ1) is 10.9. The molecule has 0 atom stereocenters. The zero-order chi connectivity index (χ0) is 16.7. The molecule has 1 aliphatic heterocycles. The lowest BCUT2D eigenvalue weighted by atomic mass is 10.2. The molecule has 2 heterocycles. The standard InChI is InChI=1S/C17H15ClN2O2S/c1-10-7-12(11(2)19(10)3)8-15-16(21)20(17(22)23-15)14-6-4-5-13(18)9-14/h4-9H,1-3H3/b15-8-. The molecule has 1 aromatic carbocycles. The molecule has 1 saturated heterocycles. The van der Waals surface area contributed by atoms with Gasteiger partial charge in [-0.1, -0.05) is 17.7 Å². The van der Waals surface area contributed by atoms with Gasteiger partial charge in [0.25, 0.3) is 11.1 Å². The van der Waals surface area contributed by atoms with Crippen molar-refractivity contribution in [2.75, 3.05) is 4.90 Å². The number of nitrogens with zero attached hydrogens (tertiary/aromatic N) is 2. The number of hydrogen-bond acceptors (Lipinski definition) is 3. The van der Waals surface area contributed by atoms with Crippen molar-refractivity contribution in [1.29, 1.82) is 0 Å². The van der Waals surface area contributed by atoms with Crippen LogP contribution in [0.3, 0.4) is 0 Å². The Morgan fingerprint density at radius 1 is 1.17 bits per heavy atom. The van der Waals surface area contributed by atoms with Gasteiger partial charge in [0.1, 0.15) is 0 Å². The highest BCUT2D eigenvalue weighted by atomic mass is 35.5. The molecule has 2 amide bonds. The Balaban J connectivity index is 1.98. The number of anilines is 1. The average Bonchev–Trinajstić information content (AvgIpc) is 2.91. The van der Waals surface area contributed by atoms with Crippen LogP contribution in [-0.2, 0) is 11.8 Å². The molecule has 23 heavy (non-hydrogen) atoms. The molecule has 3 rings (SSSR count). The number of benzene rings is 1. The molecule has 0 saturated carbocycles. The molecular weight excluding hydrogens is 332 g/mol. The van der Waals surface area contributed by atoms with Crippen LogP contribution in [0.2, 0.25) is 5.02 Å². The highest BCUT2D eigenvalue weighted by molar-refractivity contribution is 8.19. The number of rotatable bonds is 2. The summed E-state index contributed by atoms with van der Waals surface area (Å²) in [6.45, 7) is 3.99. The normalized spacial score (nSPS) is 16.7. The van der Waals surface area contributed by atoms with Crippen LogP contribution in [0, 0.1) is 13.8 Å². The SMILES string of the molecule is Cc1cc(/C=C2\SC(=O)N(c3cccc(Cl)c3)C2=O)c(C)n1C. The second-order valence-corrected chi connectivity index (χ2v) is 6.81. The van der Waals surface area contributed by atoms with E-state index in [1.165, 1.54) is 0 Å². The fraction of sp³-hybridized carbons (Fsp3) is 0.176. The summed E-state index contributed by atoms with van der Waals surface area (Å²) >= 11 is 6.90. The number of imide groups is 1. The van der Waals surface area contributed by atoms with Crippen LogP contribution >= 0.6 is 23.4 Å². The number of thioether (sulfide) groups is 1. The quantitative estimate of drug-likeness (QED) is 0.750. The van der Waals surface area contributed by atoms with Crippen molar-refractivity contribution in [2.24, 2.45) is 7.05 Å². The Bertz CT molecular complexity index is 854. The van der Waals surface area contributed by atoms with E-state index in [-0.39, 0.29) is 11.1 Å². The average molecular weight is 347 g/mol. The third kappa shape index (κ3) is 2.82. The molecule has 4 nitrogen and oxygen atoms in total. The largest absolute Gasteiger partial charge is 0.352 e. The molecule has 0 aliphatic carbocycles. The first-order valence-corrected chi connectivity index (χ1v) is 8.24. The van der Waals surface area contributed by atoms with Gasteiger partial charge in [-0.25, -0.2) is 4.90 Å². The molecule has 0 radical (unpaired) electrons. The number of carbonyl (C=O) groups excluding carboxylic acids is 2. The predicted octanol–water partition coefficient (Wildman–Crippen LogP) is 4.54. The van der Waals surface area contributed by atoms with E-state index < -0.39 is 0 Å². The zero-order valence-corrected chi connectivity index (χ0v) is 14.5. The topological polar surface area (TPSA) is 42.3 Å². The van der Waals surface area contributed by atoms with Gasteiger partial charge in [0, 0.05) is 23.5 Å². The molecule has 1 aliphatic rings. The van der Waals surface area contributed by atoms with Crippen LogP contribution in [0.4, 0.5) is 10.5 Å². The minimum absolute atomic E-state index is 0.311. The second-order valence-electron chi connectivity index (χ2n) is 5.38. The van der Waals surface area contributed by atoms with Crippen LogP contribution < -0.4 is 4.90 Å². The molecular formula is C17H15ClN2O2S. The van der Waals surface area contributed by atoms with Crippen molar-refractivity contribution < 1.29 is 9.59 Å². The van der Waals surface area contributed by atoms with Crippen LogP contribution in [0.25, 0.3) is 6.08 Å². The molecule has 1 aromatic heterocycles. The molecule has 0 unspecified atom stereocenters. The summed E-state index contributed by atoms with van der Waals surface area (Å²) in [5.41, 5.74) is 3.59. The lowest BCUT2D eigenvalue weighted by Crippen LogP contribution is -2.27. The Hall–Kier alpha value is -1.98. The van der Waals surface area contributed by atoms with Crippen LogP contribution in [0.15, 0.2) is 35.2 Å². The van der Waals surface area contributed by atoms with E-state index in [0.717, 1.165) is 33.6 Å². The van der Waals surface area contributed by atoms with E-state index in [2.05, 4.69) is 0 Å². The fourth-order valence-corrected chi connectivity index (χ4v) is 3.49. The van der Waals surface area contributed by atoms with E-state index in [9.17, 15) is 9.59 Å². The van der Waals surface area contributed by atoms with Crippen molar-refractivity contribution in [1.82, 2.24) is 4.57 Å². The van der Waals surface area contributed by atoms with Crippen molar-refractivity contribution in [3.63, 3.8) is 0 Å². The minimum atomic E-state index is -0.317. The Morgan fingerprint density at radius 3 is 2.52 bits per heavy atom. The van der Waals surface area contributed by atoms with E-state index in [1.807, 2.05) is 31.5 Å². The van der Waals surface area contributed by atoms with Gasteiger partial charge in [-0.2, -0.15) is 0 Å². The fourth-order valence-electron chi connectivity index (χ4n) is 2.48. The number of amides is 2. The summed E-state index contributed by atoms with van der Waals surface area (Å²) in [5, 5.41) is 0.175. The van der Waals surface area contributed by atoms with Gasteiger partial charge in [0.05, 0.1) is 10.6 Å². The molecule has 2 aromatic rings. The van der Waals surface area contributed by atoms with Crippen molar-refractivity contribution in [3.8, 4) is 0 Å². The number of carbonyl (C=O) groups is 2. The second kappa shape index (κ2) is 5.91. The number of aryl methyl sites for hydroxylation is 1. The number of hydrogen-bond donors (Lipinski definition) is 0. The van der Waals surface area contributed by atoms with E-state index in [4.69, 9.17) is 11.6 Å². The smallest absolute Gasteiger partial charge is 0.298 e. The third-order valence-corrected chi connectivity index (χ3v) is 5.07. The Kier molecular flexibility index (Phi) is 4.08. The Labute approximate surface area is 143 Å². The highest BCUT2D eigenvalue weighted by Crippen LogP contribution is 2.36.